The molecule has 5 rings (SSSR count). The average Bonchev–Trinajstić information content (AvgIpc) is 2.82. The first-order valence-corrected chi connectivity index (χ1v) is 11.0. The van der Waals surface area contributed by atoms with Gasteiger partial charge in [0.1, 0.15) is 36.0 Å². The van der Waals surface area contributed by atoms with Gasteiger partial charge >= 0.3 is 11.4 Å². The SMILES string of the molecule is Cc1ccc(C2c3c([nH]c(=O)[nH]c3=O)N([C@H]3C(O)O[C@H](CO)[C@@H](O)C3O)c3[nH]c(=O)[nH]c(=O)c32)cc1. The number of aromatic amines is 4. The summed E-state index contributed by atoms with van der Waals surface area (Å²) in [6, 6.07) is 5.26. The standard InChI is InChI=1S/C22H23N5O9/c1-7-2-4-8(5-3-7)10-11-16(23-21(34)25-18(11)31)27(17-12(10)19(32)26-22(35)24-17)13-15(30)14(29)9(6-28)36-20(13)33/h2-5,9-10,13-15,20,28-30,33H,6H2,1H3,(H2,23,25,31,34)(H2,24,26,32,35)/t9-,13-,14-,15?,20?/m1/s1. The third-order valence-electron chi connectivity index (χ3n) is 6.55. The monoisotopic (exact) mass is 501 g/mol. The molecular weight excluding hydrogens is 478 g/mol. The molecule has 2 aromatic heterocycles. The second-order valence-electron chi connectivity index (χ2n) is 8.77. The summed E-state index contributed by atoms with van der Waals surface area (Å²) in [6.07, 6.45) is -6.74. The molecule has 2 aliphatic rings. The van der Waals surface area contributed by atoms with Gasteiger partial charge in [0, 0.05) is 0 Å². The number of hydrogen-bond donors (Lipinski definition) is 8. The lowest BCUT2D eigenvalue weighted by molar-refractivity contribution is -0.248. The number of hydrogen-bond acceptors (Lipinski definition) is 10. The van der Waals surface area contributed by atoms with Crippen molar-refractivity contribution in [2.45, 2.75) is 43.5 Å². The van der Waals surface area contributed by atoms with Gasteiger partial charge in [0.05, 0.1) is 23.7 Å². The predicted molar refractivity (Wildman–Crippen MR) is 123 cm³/mol. The first-order valence-electron chi connectivity index (χ1n) is 11.0. The summed E-state index contributed by atoms with van der Waals surface area (Å²) in [5, 5.41) is 41.6. The molecule has 1 fully saturated rings. The summed E-state index contributed by atoms with van der Waals surface area (Å²) in [5.74, 6) is -1.53. The van der Waals surface area contributed by atoms with Gasteiger partial charge in [-0.3, -0.25) is 29.5 Å². The molecule has 5 atom stereocenters. The number of nitrogens with zero attached hydrogens (tertiary/aromatic N) is 1. The lowest BCUT2D eigenvalue weighted by Crippen LogP contribution is -2.64. The van der Waals surface area contributed by atoms with Crippen LogP contribution in [0.25, 0.3) is 0 Å². The number of benzene rings is 1. The average molecular weight is 501 g/mol. The number of ether oxygens (including phenoxy) is 1. The van der Waals surface area contributed by atoms with Crippen molar-refractivity contribution in [3.8, 4) is 0 Å². The van der Waals surface area contributed by atoms with Crippen LogP contribution >= 0.6 is 0 Å². The second kappa shape index (κ2) is 8.69. The molecule has 0 spiro atoms. The van der Waals surface area contributed by atoms with E-state index in [2.05, 4.69) is 19.9 Å². The van der Waals surface area contributed by atoms with Gasteiger partial charge in [0.25, 0.3) is 11.1 Å². The third-order valence-corrected chi connectivity index (χ3v) is 6.55. The molecule has 1 aromatic carbocycles. The normalized spacial score (nSPS) is 25.9. The van der Waals surface area contributed by atoms with E-state index in [-0.39, 0.29) is 22.8 Å². The summed E-state index contributed by atoms with van der Waals surface area (Å²) < 4.78 is 5.26. The number of H-pyrrole nitrogens is 4. The number of aryl methyl sites for hydroxylation is 1. The number of fused-ring (bicyclic) bond motifs is 2. The Morgan fingerprint density at radius 1 is 0.833 bits per heavy atom. The number of anilines is 2. The zero-order chi connectivity index (χ0) is 25.9. The predicted octanol–water partition coefficient (Wildman–Crippen LogP) is -2.82. The largest absolute Gasteiger partial charge is 0.394 e. The Labute approximate surface area is 200 Å². The Morgan fingerprint density at radius 3 is 1.86 bits per heavy atom. The van der Waals surface area contributed by atoms with E-state index < -0.39 is 65.7 Å². The highest BCUT2D eigenvalue weighted by Gasteiger charge is 2.51. The van der Waals surface area contributed by atoms with Crippen molar-refractivity contribution in [3.05, 3.63) is 88.2 Å². The van der Waals surface area contributed by atoms with Crippen LogP contribution < -0.4 is 27.4 Å². The van der Waals surface area contributed by atoms with Gasteiger partial charge in [0.2, 0.25) is 0 Å². The molecule has 8 N–H and O–H groups in total. The van der Waals surface area contributed by atoms with Gasteiger partial charge in [-0.05, 0) is 12.5 Å². The van der Waals surface area contributed by atoms with Crippen LogP contribution in [-0.2, 0) is 4.74 Å². The first-order chi connectivity index (χ1) is 17.1. The Kier molecular flexibility index (Phi) is 5.77. The second-order valence-corrected chi connectivity index (χ2v) is 8.77. The topological polar surface area (TPSA) is 225 Å². The van der Waals surface area contributed by atoms with Crippen molar-refractivity contribution in [2.24, 2.45) is 0 Å². The van der Waals surface area contributed by atoms with E-state index in [1.807, 2.05) is 6.92 Å². The van der Waals surface area contributed by atoms with E-state index in [1.165, 1.54) is 0 Å². The Balaban J connectivity index is 1.84. The summed E-state index contributed by atoms with van der Waals surface area (Å²) >= 11 is 0. The molecule has 14 heteroatoms. The Morgan fingerprint density at radius 2 is 1.36 bits per heavy atom. The van der Waals surface area contributed by atoms with Crippen LogP contribution in [0.2, 0.25) is 0 Å². The zero-order valence-electron chi connectivity index (χ0n) is 18.8. The van der Waals surface area contributed by atoms with E-state index in [0.29, 0.717) is 5.56 Å². The maximum Gasteiger partial charge on any atom is 0.327 e. The minimum Gasteiger partial charge on any atom is -0.394 e. The Hall–Kier alpha value is -3.82. The quantitative estimate of drug-likeness (QED) is 0.184. The number of rotatable bonds is 3. The van der Waals surface area contributed by atoms with Crippen LogP contribution in [0.5, 0.6) is 0 Å². The van der Waals surface area contributed by atoms with Crippen LogP contribution in [0.1, 0.15) is 28.2 Å². The fraction of sp³-hybridized carbons (Fsp3) is 0.364. The van der Waals surface area contributed by atoms with Crippen molar-refractivity contribution in [1.82, 2.24) is 19.9 Å². The fourth-order valence-electron chi connectivity index (χ4n) is 4.89. The van der Waals surface area contributed by atoms with Gasteiger partial charge in [0.15, 0.2) is 6.29 Å². The van der Waals surface area contributed by atoms with E-state index in [9.17, 15) is 39.6 Å². The van der Waals surface area contributed by atoms with Crippen LogP contribution in [0, 0.1) is 6.92 Å². The molecule has 0 bridgehead atoms. The molecule has 4 heterocycles. The molecule has 0 amide bonds. The van der Waals surface area contributed by atoms with Gasteiger partial charge < -0.3 is 30.1 Å². The first kappa shape index (κ1) is 23.9. The van der Waals surface area contributed by atoms with Crippen LogP contribution in [0.3, 0.4) is 0 Å². The molecule has 3 aromatic rings. The maximum atomic E-state index is 13.2. The summed E-state index contributed by atoms with van der Waals surface area (Å²) in [5.41, 5.74) is -2.40. The van der Waals surface area contributed by atoms with E-state index in [1.54, 1.807) is 24.3 Å². The van der Waals surface area contributed by atoms with E-state index >= 15 is 0 Å². The zero-order valence-corrected chi connectivity index (χ0v) is 18.8. The van der Waals surface area contributed by atoms with Crippen molar-refractivity contribution in [3.63, 3.8) is 0 Å². The minimum atomic E-state index is -1.89. The third kappa shape index (κ3) is 3.63. The molecule has 0 radical (unpaired) electrons. The number of nitrogens with one attached hydrogen (secondary N) is 4. The van der Waals surface area contributed by atoms with E-state index in [4.69, 9.17) is 4.74 Å². The van der Waals surface area contributed by atoms with Crippen molar-refractivity contribution in [2.75, 3.05) is 11.5 Å². The highest BCUT2D eigenvalue weighted by molar-refractivity contribution is 5.73. The van der Waals surface area contributed by atoms with Gasteiger partial charge in [-0.15, -0.1) is 0 Å². The molecule has 2 aliphatic heterocycles. The van der Waals surface area contributed by atoms with E-state index in [0.717, 1.165) is 10.5 Å². The van der Waals surface area contributed by atoms with Crippen LogP contribution in [-0.4, -0.2) is 77.6 Å². The lowest BCUT2D eigenvalue weighted by Gasteiger charge is -2.47. The molecule has 0 saturated carbocycles. The maximum absolute atomic E-state index is 13.2. The number of aliphatic hydroxyl groups is 4. The molecule has 36 heavy (non-hydrogen) atoms. The van der Waals surface area contributed by atoms with Gasteiger partial charge in [-0.2, -0.15) is 0 Å². The summed E-state index contributed by atoms with van der Waals surface area (Å²) in [7, 11) is 0. The molecular formula is C22H23N5O9. The van der Waals surface area contributed by atoms with Crippen molar-refractivity contribution < 1.29 is 25.2 Å². The number of aromatic nitrogens is 4. The lowest BCUT2D eigenvalue weighted by atomic mass is 9.82. The molecule has 0 aliphatic carbocycles. The summed E-state index contributed by atoms with van der Waals surface area (Å²) in [6.45, 7) is 1.12. The highest BCUT2D eigenvalue weighted by atomic mass is 16.6. The summed E-state index contributed by atoms with van der Waals surface area (Å²) in [4.78, 5) is 61.1. The number of aliphatic hydroxyl groups excluding tert-OH is 4. The van der Waals surface area contributed by atoms with Gasteiger partial charge in [-0.1, -0.05) is 29.8 Å². The van der Waals surface area contributed by atoms with Crippen molar-refractivity contribution in [1.29, 1.82) is 0 Å². The molecule has 14 nitrogen and oxygen atoms in total. The Bertz CT molecular complexity index is 1460. The van der Waals surface area contributed by atoms with Crippen molar-refractivity contribution >= 4 is 11.6 Å². The van der Waals surface area contributed by atoms with Gasteiger partial charge in [-0.25, -0.2) is 9.59 Å². The highest BCUT2D eigenvalue weighted by Crippen LogP contribution is 2.45. The van der Waals surface area contributed by atoms with Crippen LogP contribution in [0.15, 0.2) is 43.4 Å². The molecule has 2 unspecified atom stereocenters. The molecule has 190 valence electrons. The fourth-order valence-corrected chi connectivity index (χ4v) is 4.89. The smallest absolute Gasteiger partial charge is 0.327 e. The van der Waals surface area contributed by atoms with Crippen LogP contribution in [0.4, 0.5) is 11.6 Å². The molecule has 1 saturated heterocycles. The minimum absolute atomic E-state index is 0.110.